The van der Waals surface area contributed by atoms with Gasteiger partial charge in [-0.05, 0) is 37.8 Å². The van der Waals surface area contributed by atoms with E-state index in [1.165, 1.54) is 0 Å². The van der Waals surface area contributed by atoms with E-state index in [-0.39, 0.29) is 36.6 Å². The summed E-state index contributed by atoms with van der Waals surface area (Å²) >= 11 is 0. The molecule has 1 aromatic rings. The van der Waals surface area contributed by atoms with Crippen LogP contribution in [0.2, 0.25) is 0 Å². The Kier molecular flexibility index (Phi) is 7.18. The molecular weight excluding hydrogens is 330 g/mol. The molecule has 2 rings (SSSR count). The third-order valence-electron chi connectivity index (χ3n) is 4.54. The lowest BCUT2D eigenvalue weighted by Crippen LogP contribution is -2.42. The van der Waals surface area contributed by atoms with Crippen LogP contribution in [-0.4, -0.2) is 29.8 Å². The first-order valence-corrected chi connectivity index (χ1v) is 9.37. The van der Waals surface area contributed by atoms with Gasteiger partial charge in [0.15, 0.2) is 0 Å². The van der Waals surface area contributed by atoms with Gasteiger partial charge in [0, 0.05) is 12.5 Å². The maximum Gasteiger partial charge on any atom is 0.254 e. The minimum Gasteiger partial charge on any atom is -0.354 e. The number of nitrogens with one attached hydrogen (secondary N) is 3. The van der Waals surface area contributed by atoms with Crippen molar-refractivity contribution in [1.29, 1.82) is 0 Å². The number of benzene rings is 1. The van der Waals surface area contributed by atoms with E-state index in [1.54, 1.807) is 24.3 Å². The molecular formula is C20H29N3O3. The molecule has 1 aromatic carbocycles. The van der Waals surface area contributed by atoms with Crippen molar-refractivity contribution in [2.75, 3.05) is 5.32 Å². The van der Waals surface area contributed by atoms with Gasteiger partial charge in [0.2, 0.25) is 11.8 Å². The summed E-state index contributed by atoms with van der Waals surface area (Å²) in [6.07, 6.45) is 3.65. The largest absolute Gasteiger partial charge is 0.354 e. The maximum atomic E-state index is 12.3. The van der Waals surface area contributed by atoms with Gasteiger partial charge in [-0.25, -0.2) is 0 Å². The van der Waals surface area contributed by atoms with E-state index in [0.29, 0.717) is 17.2 Å². The Bertz CT molecular complexity index is 657. The van der Waals surface area contributed by atoms with Crippen LogP contribution < -0.4 is 16.0 Å². The molecule has 0 saturated heterocycles. The molecule has 6 nitrogen and oxygen atoms in total. The number of rotatable bonds is 8. The fourth-order valence-electron chi connectivity index (χ4n) is 3.04. The standard InChI is InChI=1S/C20H29N3O3/c1-13(2)7-6-8-14(3)21-18(24)12-11-17-20(26)22-16-10-5-4-9-15(16)19(25)23-17/h4-5,9-10,13-14,17H,6-8,11-12H2,1-3H3,(H,21,24)(H,22,26)(H,23,25)/t14?,17-/m0/s1. The van der Waals surface area contributed by atoms with Crippen LogP contribution in [-0.2, 0) is 9.59 Å². The molecule has 0 fully saturated rings. The number of carbonyl (C=O) groups excluding carboxylic acids is 3. The molecule has 0 aliphatic carbocycles. The molecule has 0 saturated carbocycles. The number of para-hydroxylation sites is 1. The fourth-order valence-corrected chi connectivity index (χ4v) is 3.04. The van der Waals surface area contributed by atoms with E-state index in [1.807, 2.05) is 6.92 Å². The first-order chi connectivity index (χ1) is 12.4. The van der Waals surface area contributed by atoms with Gasteiger partial charge in [-0.2, -0.15) is 0 Å². The molecule has 1 unspecified atom stereocenters. The van der Waals surface area contributed by atoms with E-state index in [4.69, 9.17) is 0 Å². The lowest BCUT2D eigenvalue weighted by atomic mass is 10.0. The lowest BCUT2D eigenvalue weighted by Gasteiger charge is -2.17. The number of carbonyl (C=O) groups is 3. The normalized spacial score (nSPS) is 17.8. The van der Waals surface area contributed by atoms with Crippen molar-refractivity contribution in [2.45, 2.75) is 65.0 Å². The SMILES string of the molecule is CC(C)CCCC(C)NC(=O)CC[C@@H]1NC(=O)c2ccccc2NC1=O. The Morgan fingerprint density at radius 3 is 2.62 bits per heavy atom. The molecule has 2 atom stereocenters. The molecule has 6 heteroatoms. The average molecular weight is 359 g/mol. The fraction of sp³-hybridized carbons (Fsp3) is 0.550. The maximum absolute atomic E-state index is 12.3. The summed E-state index contributed by atoms with van der Waals surface area (Å²) in [6, 6.07) is 6.28. The second kappa shape index (κ2) is 9.36. The van der Waals surface area contributed by atoms with Gasteiger partial charge in [0.25, 0.3) is 5.91 Å². The topological polar surface area (TPSA) is 87.3 Å². The minimum absolute atomic E-state index is 0.0918. The Hall–Kier alpha value is -2.37. The quantitative estimate of drug-likeness (QED) is 0.667. The summed E-state index contributed by atoms with van der Waals surface area (Å²) in [4.78, 5) is 36.7. The highest BCUT2D eigenvalue weighted by Crippen LogP contribution is 2.19. The van der Waals surface area contributed by atoms with E-state index >= 15 is 0 Å². The van der Waals surface area contributed by atoms with Crippen molar-refractivity contribution < 1.29 is 14.4 Å². The monoisotopic (exact) mass is 359 g/mol. The predicted octanol–water partition coefficient (Wildman–Crippen LogP) is 2.85. The van der Waals surface area contributed by atoms with Gasteiger partial charge in [-0.1, -0.05) is 38.8 Å². The van der Waals surface area contributed by atoms with Crippen molar-refractivity contribution in [1.82, 2.24) is 10.6 Å². The van der Waals surface area contributed by atoms with E-state index in [9.17, 15) is 14.4 Å². The highest BCUT2D eigenvalue weighted by Gasteiger charge is 2.27. The molecule has 0 bridgehead atoms. The van der Waals surface area contributed by atoms with Crippen LogP contribution in [0.3, 0.4) is 0 Å². The second-order valence-corrected chi connectivity index (χ2v) is 7.39. The molecule has 0 spiro atoms. The summed E-state index contributed by atoms with van der Waals surface area (Å²) in [5, 5.41) is 8.43. The molecule has 3 amide bonds. The van der Waals surface area contributed by atoms with Crippen LogP contribution >= 0.6 is 0 Å². The van der Waals surface area contributed by atoms with Gasteiger partial charge in [-0.15, -0.1) is 0 Å². The first-order valence-electron chi connectivity index (χ1n) is 9.37. The van der Waals surface area contributed by atoms with Gasteiger partial charge in [-0.3, -0.25) is 14.4 Å². The van der Waals surface area contributed by atoms with E-state index in [2.05, 4.69) is 29.8 Å². The Labute approximate surface area is 155 Å². The molecule has 26 heavy (non-hydrogen) atoms. The number of hydrogen-bond acceptors (Lipinski definition) is 3. The van der Waals surface area contributed by atoms with Crippen LogP contribution in [0.4, 0.5) is 5.69 Å². The van der Waals surface area contributed by atoms with Crippen molar-refractivity contribution >= 4 is 23.4 Å². The van der Waals surface area contributed by atoms with Gasteiger partial charge >= 0.3 is 0 Å². The number of hydrogen-bond donors (Lipinski definition) is 3. The Morgan fingerprint density at radius 2 is 1.88 bits per heavy atom. The summed E-state index contributed by atoms with van der Waals surface area (Å²) in [5.41, 5.74) is 0.937. The minimum atomic E-state index is -0.711. The molecule has 1 aliphatic heterocycles. The zero-order valence-corrected chi connectivity index (χ0v) is 15.8. The van der Waals surface area contributed by atoms with Crippen molar-refractivity contribution in [3.8, 4) is 0 Å². The zero-order valence-electron chi connectivity index (χ0n) is 15.8. The van der Waals surface area contributed by atoms with Crippen molar-refractivity contribution in [3.05, 3.63) is 29.8 Å². The third-order valence-corrected chi connectivity index (χ3v) is 4.54. The highest BCUT2D eigenvalue weighted by molar-refractivity contribution is 6.09. The number of amides is 3. The van der Waals surface area contributed by atoms with Crippen LogP contribution in [0.15, 0.2) is 24.3 Å². The average Bonchev–Trinajstić information content (AvgIpc) is 2.69. The van der Waals surface area contributed by atoms with Crippen molar-refractivity contribution in [3.63, 3.8) is 0 Å². The van der Waals surface area contributed by atoms with Gasteiger partial charge in [0.1, 0.15) is 6.04 Å². The molecule has 142 valence electrons. The molecule has 0 aromatic heterocycles. The van der Waals surface area contributed by atoms with Gasteiger partial charge in [0.05, 0.1) is 11.3 Å². The Balaban J connectivity index is 1.81. The smallest absolute Gasteiger partial charge is 0.254 e. The Morgan fingerprint density at radius 1 is 1.15 bits per heavy atom. The summed E-state index contributed by atoms with van der Waals surface area (Å²) in [5.74, 6) is -0.0160. The summed E-state index contributed by atoms with van der Waals surface area (Å²) in [6.45, 7) is 6.37. The molecule has 1 heterocycles. The van der Waals surface area contributed by atoms with Crippen LogP contribution in [0, 0.1) is 5.92 Å². The van der Waals surface area contributed by atoms with Crippen LogP contribution in [0.1, 0.15) is 63.2 Å². The zero-order chi connectivity index (χ0) is 19.1. The van der Waals surface area contributed by atoms with Crippen molar-refractivity contribution in [2.24, 2.45) is 5.92 Å². The second-order valence-electron chi connectivity index (χ2n) is 7.39. The number of fused-ring (bicyclic) bond motifs is 1. The first kappa shape index (κ1) is 19.9. The van der Waals surface area contributed by atoms with E-state index in [0.717, 1.165) is 19.3 Å². The van der Waals surface area contributed by atoms with E-state index < -0.39 is 6.04 Å². The van der Waals surface area contributed by atoms with Gasteiger partial charge < -0.3 is 16.0 Å². The third kappa shape index (κ3) is 5.86. The lowest BCUT2D eigenvalue weighted by molar-refractivity contribution is -0.122. The van der Waals surface area contributed by atoms with Crippen LogP contribution in [0.5, 0.6) is 0 Å². The van der Waals surface area contributed by atoms with Crippen LogP contribution in [0.25, 0.3) is 0 Å². The summed E-state index contributed by atoms with van der Waals surface area (Å²) < 4.78 is 0. The predicted molar refractivity (Wildman–Crippen MR) is 102 cm³/mol. The summed E-state index contributed by atoms with van der Waals surface area (Å²) in [7, 11) is 0. The highest BCUT2D eigenvalue weighted by atomic mass is 16.2. The molecule has 1 aliphatic rings. The molecule has 3 N–H and O–H groups in total. The molecule has 0 radical (unpaired) electrons. The number of anilines is 1.